The van der Waals surface area contributed by atoms with Crippen LogP contribution in [0.1, 0.15) is 42.1 Å². The van der Waals surface area contributed by atoms with Gasteiger partial charge >= 0.3 is 5.97 Å². The summed E-state index contributed by atoms with van der Waals surface area (Å²) in [5.74, 6) is 0.378. The average molecular weight is 344 g/mol. The van der Waals surface area contributed by atoms with E-state index < -0.39 is 0 Å². The molecule has 0 spiro atoms. The molecule has 0 aromatic heterocycles. The maximum Gasteiger partial charge on any atom is 0.310 e. The fourth-order valence-electron chi connectivity index (χ4n) is 3.05. The molecule has 3 nitrogen and oxygen atoms in total. The van der Waals surface area contributed by atoms with Gasteiger partial charge in [0.25, 0.3) is 0 Å². The minimum atomic E-state index is -0.279. The van der Waals surface area contributed by atoms with E-state index in [-0.39, 0.29) is 12.1 Å². The van der Waals surface area contributed by atoms with Crippen molar-refractivity contribution in [2.45, 2.75) is 31.8 Å². The number of nitrogens with one attached hydrogen (secondary N) is 1. The first-order chi connectivity index (χ1) is 11.6. The summed E-state index contributed by atoms with van der Waals surface area (Å²) >= 11 is 5.88. The van der Waals surface area contributed by atoms with E-state index in [2.05, 4.69) is 17.4 Å². The van der Waals surface area contributed by atoms with Gasteiger partial charge in [0.2, 0.25) is 0 Å². The topological polar surface area (TPSA) is 38.3 Å². The SMILES string of the molecule is CC(OC(=O)Cc1ccc(C2CCNC2)cc1)c1ccc(Cl)cc1. The van der Waals surface area contributed by atoms with Gasteiger partial charge in [-0.3, -0.25) is 4.79 Å². The van der Waals surface area contributed by atoms with Gasteiger partial charge in [0.05, 0.1) is 6.42 Å². The van der Waals surface area contributed by atoms with Gasteiger partial charge in [-0.05, 0) is 54.6 Å². The Kier molecular flexibility index (Phi) is 5.54. The van der Waals surface area contributed by atoms with Gasteiger partial charge in [-0.1, -0.05) is 48.0 Å². The Morgan fingerprint density at radius 2 is 1.92 bits per heavy atom. The Labute approximate surface area is 148 Å². The van der Waals surface area contributed by atoms with Gasteiger partial charge in [0.1, 0.15) is 6.10 Å². The Bertz CT molecular complexity index is 676. The van der Waals surface area contributed by atoms with Crippen molar-refractivity contribution in [1.29, 1.82) is 0 Å². The zero-order chi connectivity index (χ0) is 16.9. The van der Waals surface area contributed by atoms with Gasteiger partial charge < -0.3 is 10.1 Å². The number of esters is 1. The lowest BCUT2D eigenvalue weighted by Crippen LogP contribution is -2.11. The minimum absolute atomic E-state index is 0.215. The number of benzene rings is 2. The molecule has 126 valence electrons. The molecule has 1 N–H and O–H groups in total. The quantitative estimate of drug-likeness (QED) is 0.824. The minimum Gasteiger partial charge on any atom is -0.458 e. The molecular weight excluding hydrogens is 322 g/mol. The molecule has 0 aliphatic carbocycles. The third-order valence-electron chi connectivity index (χ3n) is 4.51. The first kappa shape index (κ1) is 17.0. The highest BCUT2D eigenvalue weighted by molar-refractivity contribution is 6.30. The molecule has 2 atom stereocenters. The van der Waals surface area contributed by atoms with E-state index in [9.17, 15) is 4.79 Å². The molecule has 2 aromatic carbocycles. The summed E-state index contributed by atoms with van der Waals surface area (Å²) in [6.07, 6.45) is 1.19. The van der Waals surface area contributed by atoms with Crippen molar-refractivity contribution in [2.24, 2.45) is 0 Å². The van der Waals surface area contributed by atoms with E-state index in [1.807, 2.05) is 31.2 Å². The molecule has 0 amide bonds. The van der Waals surface area contributed by atoms with Crippen LogP contribution in [-0.4, -0.2) is 19.1 Å². The number of ether oxygens (including phenoxy) is 1. The van der Waals surface area contributed by atoms with Crippen molar-refractivity contribution in [3.63, 3.8) is 0 Å². The van der Waals surface area contributed by atoms with Crippen LogP contribution in [0, 0.1) is 0 Å². The molecule has 1 fully saturated rings. The summed E-state index contributed by atoms with van der Waals surface area (Å²) in [4.78, 5) is 12.1. The lowest BCUT2D eigenvalue weighted by molar-refractivity contribution is -0.147. The van der Waals surface area contributed by atoms with Crippen LogP contribution >= 0.6 is 11.6 Å². The molecule has 3 rings (SSSR count). The van der Waals surface area contributed by atoms with Crippen molar-refractivity contribution < 1.29 is 9.53 Å². The monoisotopic (exact) mass is 343 g/mol. The van der Waals surface area contributed by atoms with Gasteiger partial charge in [-0.25, -0.2) is 0 Å². The fourth-order valence-corrected chi connectivity index (χ4v) is 3.18. The second kappa shape index (κ2) is 7.82. The van der Waals surface area contributed by atoms with Crippen LogP contribution in [0.3, 0.4) is 0 Å². The highest BCUT2D eigenvalue weighted by Crippen LogP contribution is 2.23. The largest absolute Gasteiger partial charge is 0.458 e. The summed E-state index contributed by atoms with van der Waals surface area (Å²) in [6, 6.07) is 15.7. The third-order valence-corrected chi connectivity index (χ3v) is 4.76. The molecule has 2 unspecified atom stereocenters. The van der Waals surface area contributed by atoms with E-state index in [4.69, 9.17) is 16.3 Å². The smallest absolute Gasteiger partial charge is 0.310 e. The van der Waals surface area contributed by atoms with Gasteiger partial charge in [-0.15, -0.1) is 0 Å². The van der Waals surface area contributed by atoms with E-state index in [0.717, 1.165) is 24.2 Å². The van der Waals surface area contributed by atoms with E-state index in [1.165, 1.54) is 12.0 Å². The predicted molar refractivity (Wildman–Crippen MR) is 96.3 cm³/mol. The summed E-state index contributed by atoms with van der Waals surface area (Å²) in [7, 11) is 0. The Morgan fingerprint density at radius 1 is 1.21 bits per heavy atom. The highest BCUT2D eigenvalue weighted by atomic mass is 35.5. The molecular formula is C20H22ClNO2. The predicted octanol–water partition coefficient (Wildman–Crippen LogP) is 4.26. The molecule has 24 heavy (non-hydrogen) atoms. The number of rotatable bonds is 5. The van der Waals surface area contributed by atoms with E-state index in [1.54, 1.807) is 12.1 Å². The molecule has 2 aromatic rings. The van der Waals surface area contributed by atoms with Crippen LogP contribution < -0.4 is 5.32 Å². The standard InChI is InChI=1S/C20H22ClNO2/c1-14(16-6-8-19(21)9-7-16)24-20(23)12-15-2-4-17(5-3-15)18-10-11-22-13-18/h2-9,14,18,22H,10-13H2,1H3. The lowest BCUT2D eigenvalue weighted by Gasteiger charge is -2.14. The summed E-state index contributed by atoms with van der Waals surface area (Å²) < 4.78 is 5.52. The van der Waals surface area contributed by atoms with Crippen LogP contribution in [0.2, 0.25) is 5.02 Å². The molecule has 0 bridgehead atoms. The van der Waals surface area contributed by atoms with Crippen LogP contribution in [0.15, 0.2) is 48.5 Å². The molecule has 4 heteroatoms. The van der Waals surface area contributed by atoms with E-state index >= 15 is 0 Å². The Hall–Kier alpha value is -1.84. The maximum absolute atomic E-state index is 12.1. The van der Waals surface area contributed by atoms with Crippen LogP contribution in [-0.2, 0) is 16.0 Å². The summed E-state index contributed by atoms with van der Waals surface area (Å²) in [6.45, 7) is 4.00. The molecule has 1 saturated heterocycles. The van der Waals surface area contributed by atoms with Gasteiger partial charge in [0.15, 0.2) is 0 Å². The van der Waals surface area contributed by atoms with Crippen molar-refractivity contribution >= 4 is 17.6 Å². The number of carbonyl (C=O) groups is 1. The number of carbonyl (C=O) groups excluding carboxylic acids is 1. The highest BCUT2D eigenvalue weighted by Gasteiger charge is 2.17. The summed E-state index contributed by atoms with van der Waals surface area (Å²) in [5, 5.41) is 4.05. The number of hydrogen-bond acceptors (Lipinski definition) is 3. The second-order valence-corrected chi connectivity index (χ2v) is 6.73. The first-order valence-corrected chi connectivity index (χ1v) is 8.74. The maximum atomic E-state index is 12.1. The third kappa shape index (κ3) is 4.37. The van der Waals surface area contributed by atoms with Crippen molar-refractivity contribution in [1.82, 2.24) is 5.32 Å². The fraction of sp³-hybridized carbons (Fsp3) is 0.350. The average Bonchev–Trinajstić information content (AvgIpc) is 3.10. The molecule has 0 radical (unpaired) electrons. The molecule has 1 aliphatic rings. The van der Waals surface area contributed by atoms with E-state index in [0.29, 0.717) is 17.4 Å². The molecule has 1 aliphatic heterocycles. The van der Waals surface area contributed by atoms with Crippen molar-refractivity contribution in [2.75, 3.05) is 13.1 Å². The van der Waals surface area contributed by atoms with Crippen LogP contribution in [0.25, 0.3) is 0 Å². The normalized spacial score (nSPS) is 18.3. The van der Waals surface area contributed by atoms with Crippen molar-refractivity contribution in [3.8, 4) is 0 Å². The zero-order valence-electron chi connectivity index (χ0n) is 13.8. The summed E-state index contributed by atoms with van der Waals surface area (Å²) in [5.41, 5.74) is 3.27. The second-order valence-electron chi connectivity index (χ2n) is 6.29. The molecule has 0 saturated carbocycles. The van der Waals surface area contributed by atoms with Crippen molar-refractivity contribution in [3.05, 3.63) is 70.2 Å². The van der Waals surface area contributed by atoms with Crippen LogP contribution in [0.5, 0.6) is 0 Å². The lowest BCUT2D eigenvalue weighted by atomic mass is 9.97. The zero-order valence-corrected chi connectivity index (χ0v) is 14.6. The Balaban J connectivity index is 1.55. The number of hydrogen-bond donors (Lipinski definition) is 1. The Morgan fingerprint density at radius 3 is 2.54 bits per heavy atom. The number of halogens is 1. The molecule has 1 heterocycles. The van der Waals surface area contributed by atoms with Crippen LogP contribution in [0.4, 0.5) is 0 Å². The van der Waals surface area contributed by atoms with Gasteiger partial charge in [0, 0.05) is 11.6 Å². The first-order valence-electron chi connectivity index (χ1n) is 8.36. The van der Waals surface area contributed by atoms with Gasteiger partial charge in [-0.2, -0.15) is 0 Å².